The second-order valence-electron chi connectivity index (χ2n) is 5.36. The quantitative estimate of drug-likeness (QED) is 0.728. The van der Waals surface area contributed by atoms with Crippen LogP contribution in [0.2, 0.25) is 0 Å². The fraction of sp³-hybridized carbons (Fsp3) is 0.167. The highest BCUT2D eigenvalue weighted by Gasteiger charge is 2.11. The molecule has 0 N–H and O–H groups in total. The molecule has 0 aliphatic carbocycles. The van der Waals surface area contributed by atoms with E-state index in [9.17, 15) is 4.79 Å². The first-order valence-corrected chi connectivity index (χ1v) is 7.50. The molecule has 5 nitrogen and oxygen atoms in total. The van der Waals surface area contributed by atoms with Gasteiger partial charge in [-0.2, -0.15) is 0 Å². The van der Waals surface area contributed by atoms with Crippen molar-refractivity contribution in [2.75, 3.05) is 13.6 Å². The topological polar surface area (TPSA) is 51.0 Å². The maximum absolute atomic E-state index is 12.5. The highest BCUT2D eigenvalue weighted by atomic mass is 16.2. The summed E-state index contributed by atoms with van der Waals surface area (Å²) in [5, 5.41) is 7.71. The van der Waals surface area contributed by atoms with Crippen molar-refractivity contribution in [2.45, 2.75) is 6.42 Å². The SMILES string of the molecule is CN(CCc1ccccc1)C(=O)c1ccc(-n2ccnn2)cc1. The lowest BCUT2D eigenvalue weighted by atomic mass is 10.1. The Morgan fingerprint density at radius 2 is 1.83 bits per heavy atom. The van der Waals surface area contributed by atoms with Gasteiger partial charge >= 0.3 is 0 Å². The number of benzene rings is 2. The number of carbonyl (C=O) groups excluding carboxylic acids is 1. The van der Waals surface area contributed by atoms with E-state index in [0.29, 0.717) is 12.1 Å². The fourth-order valence-electron chi connectivity index (χ4n) is 2.37. The van der Waals surface area contributed by atoms with Crippen LogP contribution in [-0.4, -0.2) is 39.4 Å². The number of carbonyl (C=O) groups is 1. The largest absolute Gasteiger partial charge is 0.341 e. The zero-order chi connectivity index (χ0) is 16.1. The molecule has 1 heterocycles. The van der Waals surface area contributed by atoms with Crippen LogP contribution in [-0.2, 0) is 6.42 Å². The molecule has 0 radical (unpaired) electrons. The number of aromatic nitrogens is 3. The Morgan fingerprint density at radius 3 is 2.48 bits per heavy atom. The molecule has 1 amide bonds. The van der Waals surface area contributed by atoms with E-state index >= 15 is 0 Å². The summed E-state index contributed by atoms with van der Waals surface area (Å²) < 4.78 is 1.66. The van der Waals surface area contributed by atoms with Gasteiger partial charge in [-0.3, -0.25) is 4.79 Å². The summed E-state index contributed by atoms with van der Waals surface area (Å²) in [6.45, 7) is 0.688. The van der Waals surface area contributed by atoms with Gasteiger partial charge in [-0.15, -0.1) is 5.10 Å². The third-order valence-electron chi connectivity index (χ3n) is 3.73. The van der Waals surface area contributed by atoms with E-state index in [1.54, 1.807) is 22.0 Å². The van der Waals surface area contributed by atoms with E-state index in [1.807, 2.05) is 49.5 Å². The zero-order valence-electron chi connectivity index (χ0n) is 13.0. The van der Waals surface area contributed by atoms with Gasteiger partial charge in [0, 0.05) is 19.2 Å². The third kappa shape index (κ3) is 3.63. The van der Waals surface area contributed by atoms with Gasteiger partial charge in [-0.25, -0.2) is 4.68 Å². The summed E-state index contributed by atoms with van der Waals surface area (Å²) in [6, 6.07) is 17.5. The Morgan fingerprint density at radius 1 is 1.09 bits per heavy atom. The van der Waals surface area contributed by atoms with Crippen molar-refractivity contribution in [3.05, 3.63) is 78.1 Å². The average molecular weight is 306 g/mol. The maximum atomic E-state index is 12.5. The molecule has 0 fully saturated rings. The molecule has 3 rings (SSSR count). The molecule has 0 spiro atoms. The van der Waals surface area contributed by atoms with Gasteiger partial charge in [0.1, 0.15) is 0 Å². The van der Waals surface area contributed by atoms with Crippen LogP contribution in [0.1, 0.15) is 15.9 Å². The van der Waals surface area contributed by atoms with Crippen LogP contribution >= 0.6 is 0 Å². The first-order chi connectivity index (χ1) is 11.2. The predicted molar refractivity (Wildman–Crippen MR) is 88.5 cm³/mol. The summed E-state index contributed by atoms with van der Waals surface area (Å²) in [5.74, 6) is 0.0195. The Bertz CT molecular complexity index is 751. The van der Waals surface area contributed by atoms with Crippen LogP contribution in [0.15, 0.2) is 67.0 Å². The number of likely N-dealkylation sites (N-methyl/N-ethyl adjacent to an activating group) is 1. The minimum Gasteiger partial charge on any atom is -0.341 e. The van der Waals surface area contributed by atoms with Crippen LogP contribution in [0.25, 0.3) is 5.69 Å². The highest BCUT2D eigenvalue weighted by molar-refractivity contribution is 5.94. The summed E-state index contributed by atoms with van der Waals surface area (Å²) >= 11 is 0. The Kier molecular flexibility index (Phi) is 4.47. The van der Waals surface area contributed by atoms with Crippen molar-refractivity contribution in [1.82, 2.24) is 19.9 Å². The van der Waals surface area contributed by atoms with Crippen molar-refractivity contribution < 1.29 is 4.79 Å². The van der Waals surface area contributed by atoms with E-state index in [4.69, 9.17) is 0 Å². The molecule has 116 valence electrons. The lowest BCUT2D eigenvalue weighted by Crippen LogP contribution is -2.28. The highest BCUT2D eigenvalue weighted by Crippen LogP contribution is 2.10. The summed E-state index contributed by atoms with van der Waals surface area (Å²) in [4.78, 5) is 14.2. The van der Waals surface area contributed by atoms with Gasteiger partial charge in [0.25, 0.3) is 5.91 Å². The Hall–Kier alpha value is -2.95. The van der Waals surface area contributed by atoms with Gasteiger partial charge in [-0.05, 0) is 36.2 Å². The third-order valence-corrected chi connectivity index (χ3v) is 3.73. The van der Waals surface area contributed by atoms with E-state index in [1.165, 1.54) is 5.56 Å². The Balaban J connectivity index is 1.63. The van der Waals surface area contributed by atoms with Gasteiger partial charge in [0.05, 0.1) is 18.1 Å². The molecule has 0 unspecified atom stereocenters. The van der Waals surface area contributed by atoms with Crippen molar-refractivity contribution in [3.8, 4) is 5.69 Å². The molecule has 0 saturated carbocycles. The monoisotopic (exact) mass is 306 g/mol. The summed E-state index contributed by atoms with van der Waals surface area (Å²) in [7, 11) is 1.83. The van der Waals surface area contributed by atoms with Crippen LogP contribution in [0, 0.1) is 0 Å². The van der Waals surface area contributed by atoms with E-state index < -0.39 is 0 Å². The molecule has 0 atom stereocenters. The lowest BCUT2D eigenvalue weighted by molar-refractivity contribution is 0.0796. The molecular weight excluding hydrogens is 288 g/mol. The number of rotatable bonds is 5. The molecule has 0 aliphatic heterocycles. The molecule has 2 aromatic carbocycles. The van der Waals surface area contributed by atoms with Crippen LogP contribution in [0.3, 0.4) is 0 Å². The standard InChI is InChI=1S/C18H18N4O/c1-21(13-11-15-5-3-2-4-6-15)18(23)16-7-9-17(10-8-16)22-14-12-19-20-22/h2-10,12,14H,11,13H2,1H3. The molecular formula is C18H18N4O. The van der Waals surface area contributed by atoms with Crippen molar-refractivity contribution in [3.63, 3.8) is 0 Å². The summed E-state index contributed by atoms with van der Waals surface area (Å²) in [6.07, 6.45) is 4.24. The molecule has 5 heteroatoms. The number of hydrogen-bond donors (Lipinski definition) is 0. The van der Waals surface area contributed by atoms with Gasteiger partial charge in [-0.1, -0.05) is 35.5 Å². The molecule has 0 saturated heterocycles. The lowest BCUT2D eigenvalue weighted by Gasteiger charge is -2.17. The predicted octanol–water partition coefficient (Wildman–Crippen LogP) is 2.58. The van der Waals surface area contributed by atoms with Gasteiger partial charge in [0.15, 0.2) is 0 Å². The van der Waals surface area contributed by atoms with Crippen LogP contribution in [0.4, 0.5) is 0 Å². The van der Waals surface area contributed by atoms with Gasteiger partial charge < -0.3 is 4.90 Å². The number of hydrogen-bond acceptors (Lipinski definition) is 3. The Labute approximate surface area is 135 Å². The molecule has 0 bridgehead atoms. The smallest absolute Gasteiger partial charge is 0.253 e. The molecule has 23 heavy (non-hydrogen) atoms. The second kappa shape index (κ2) is 6.87. The average Bonchev–Trinajstić information content (AvgIpc) is 3.15. The number of nitrogens with zero attached hydrogens (tertiary/aromatic N) is 4. The van der Waals surface area contributed by atoms with Crippen molar-refractivity contribution in [2.24, 2.45) is 0 Å². The first-order valence-electron chi connectivity index (χ1n) is 7.50. The van der Waals surface area contributed by atoms with Crippen LogP contribution in [0.5, 0.6) is 0 Å². The van der Waals surface area contributed by atoms with E-state index in [-0.39, 0.29) is 5.91 Å². The summed E-state index contributed by atoms with van der Waals surface area (Å²) in [5.41, 5.74) is 2.78. The van der Waals surface area contributed by atoms with Crippen LogP contribution < -0.4 is 0 Å². The zero-order valence-corrected chi connectivity index (χ0v) is 13.0. The first kappa shape index (κ1) is 15.0. The van der Waals surface area contributed by atoms with E-state index in [2.05, 4.69) is 22.4 Å². The fourth-order valence-corrected chi connectivity index (χ4v) is 2.37. The molecule has 0 aliphatic rings. The van der Waals surface area contributed by atoms with Crippen molar-refractivity contribution >= 4 is 5.91 Å². The molecule has 1 aromatic heterocycles. The second-order valence-corrected chi connectivity index (χ2v) is 5.36. The van der Waals surface area contributed by atoms with Gasteiger partial charge in [0.2, 0.25) is 0 Å². The minimum atomic E-state index is 0.0195. The minimum absolute atomic E-state index is 0.0195. The van der Waals surface area contributed by atoms with E-state index in [0.717, 1.165) is 12.1 Å². The number of amides is 1. The molecule has 3 aromatic rings. The van der Waals surface area contributed by atoms with Crippen molar-refractivity contribution in [1.29, 1.82) is 0 Å². The normalized spacial score (nSPS) is 10.5. The maximum Gasteiger partial charge on any atom is 0.253 e.